The number of rotatable bonds is 3. The first-order valence-electron chi connectivity index (χ1n) is 4.64. The minimum absolute atomic E-state index is 0.511. The van der Waals surface area contributed by atoms with Crippen molar-refractivity contribution >= 4 is 6.29 Å². The van der Waals surface area contributed by atoms with Gasteiger partial charge in [-0.2, -0.15) is 0 Å². The van der Waals surface area contributed by atoms with Gasteiger partial charge in [0.05, 0.1) is 12.7 Å². The topological polar surface area (TPSA) is 52.3 Å². The van der Waals surface area contributed by atoms with Gasteiger partial charge in [0.2, 0.25) is 0 Å². The fraction of sp³-hybridized carbons (Fsp3) is 0.250. The summed E-state index contributed by atoms with van der Waals surface area (Å²) in [5.74, 6) is 6.40. The highest BCUT2D eigenvalue weighted by molar-refractivity contribution is 5.80. The Balaban J connectivity index is 2.94. The third-order valence-electron chi connectivity index (χ3n) is 1.86. The maximum atomic E-state index is 10.7. The van der Waals surface area contributed by atoms with E-state index in [2.05, 4.69) is 11.8 Å². The highest BCUT2D eigenvalue weighted by Gasteiger charge is 2.01. The zero-order chi connectivity index (χ0) is 11.1. The van der Waals surface area contributed by atoms with Gasteiger partial charge in [-0.15, -0.1) is 0 Å². The molecule has 0 unspecified atom stereocenters. The normalized spacial score (nSPS) is 8.93. The molecule has 1 rings (SSSR count). The summed E-state index contributed by atoms with van der Waals surface area (Å²) >= 11 is 0. The van der Waals surface area contributed by atoms with Crippen molar-refractivity contribution in [1.29, 1.82) is 0 Å². The maximum Gasteiger partial charge on any atom is 0.153 e. The zero-order valence-corrected chi connectivity index (χ0v) is 8.62. The fourth-order valence-corrected chi connectivity index (χ4v) is 1.14. The number of ether oxygens (including phenoxy) is 1. The van der Waals surface area contributed by atoms with E-state index in [0.717, 1.165) is 11.8 Å². The average molecular weight is 203 g/mol. The van der Waals surface area contributed by atoms with Crippen molar-refractivity contribution in [3.63, 3.8) is 0 Å². The van der Waals surface area contributed by atoms with E-state index in [1.807, 2.05) is 6.07 Å². The molecule has 0 aliphatic heterocycles. The lowest BCUT2D eigenvalue weighted by Gasteiger charge is -2.02. The van der Waals surface area contributed by atoms with Gasteiger partial charge in [0.25, 0.3) is 0 Å². The summed E-state index contributed by atoms with van der Waals surface area (Å²) in [6.45, 7) is 0.545. The van der Waals surface area contributed by atoms with E-state index in [1.54, 1.807) is 12.1 Å². The molecule has 0 fully saturated rings. The summed E-state index contributed by atoms with van der Waals surface area (Å²) in [5.41, 5.74) is 6.62. The number of hydrogen-bond acceptors (Lipinski definition) is 3. The predicted octanol–water partition coefficient (Wildman–Crippen LogP) is 1.21. The highest BCUT2D eigenvalue weighted by Crippen LogP contribution is 2.17. The molecule has 2 N–H and O–H groups in total. The largest absolute Gasteiger partial charge is 0.496 e. The molecule has 3 nitrogen and oxygen atoms in total. The molecular weight excluding hydrogens is 190 g/mol. The molecule has 1 aromatic carbocycles. The Morgan fingerprint density at radius 2 is 2.33 bits per heavy atom. The number of benzene rings is 1. The van der Waals surface area contributed by atoms with Crippen LogP contribution in [-0.2, 0) is 0 Å². The molecule has 0 bridgehead atoms. The summed E-state index contributed by atoms with van der Waals surface area (Å²) < 4.78 is 5.02. The van der Waals surface area contributed by atoms with Crippen molar-refractivity contribution < 1.29 is 9.53 Å². The van der Waals surface area contributed by atoms with Gasteiger partial charge in [-0.3, -0.25) is 4.79 Å². The van der Waals surface area contributed by atoms with Crippen LogP contribution in [0.2, 0.25) is 0 Å². The van der Waals surface area contributed by atoms with Crippen molar-refractivity contribution in [3.05, 3.63) is 29.3 Å². The third kappa shape index (κ3) is 3.12. The molecule has 0 aliphatic carbocycles. The SMILES string of the molecule is COc1ccc(C#CCCN)cc1C=O. The zero-order valence-electron chi connectivity index (χ0n) is 8.62. The number of nitrogens with two attached hydrogens (primary N) is 1. The van der Waals surface area contributed by atoms with Crippen LogP contribution in [0, 0.1) is 11.8 Å². The first kappa shape index (κ1) is 11.3. The molecule has 78 valence electrons. The highest BCUT2D eigenvalue weighted by atomic mass is 16.5. The van der Waals surface area contributed by atoms with Gasteiger partial charge in [0.15, 0.2) is 6.29 Å². The predicted molar refractivity (Wildman–Crippen MR) is 58.9 cm³/mol. The second kappa shape index (κ2) is 5.84. The molecule has 0 saturated heterocycles. The number of carbonyl (C=O) groups is 1. The van der Waals surface area contributed by atoms with Crippen molar-refractivity contribution in [2.24, 2.45) is 5.73 Å². The van der Waals surface area contributed by atoms with E-state index in [0.29, 0.717) is 24.3 Å². The number of aldehydes is 1. The van der Waals surface area contributed by atoms with Crippen LogP contribution in [-0.4, -0.2) is 19.9 Å². The molecule has 3 heteroatoms. The van der Waals surface area contributed by atoms with Gasteiger partial charge >= 0.3 is 0 Å². The maximum absolute atomic E-state index is 10.7. The van der Waals surface area contributed by atoms with Gasteiger partial charge in [-0.1, -0.05) is 11.8 Å². The van der Waals surface area contributed by atoms with Gasteiger partial charge in [-0.25, -0.2) is 0 Å². The Hall–Kier alpha value is -1.79. The fourth-order valence-electron chi connectivity index (χ4n) is 1.14. The average Bonchev–Trinajstić information content (AvgIpc) is 2.29. The summed E-state index contributed by atoms with van der Waals surface area (Å²) in [7, 11) is 1.53. The first-order valence-corrected chi connectivity index (χ1v) is 4.64. The second-order valence-electron chi connectivity index (χ2n) is 2.92. The van der Waals surface area contributed by atoms with Gasteiger partial charge in [-0.05, 0) is 18.2 Å². The van der Waals surface area contributed by atoms with Crippen molar-refractivity contribution in [2.45, 2.75) is 6.42 Å². The van der Waals surface area contributed by atoms with E-state index in [9.17, 15) is 4.79 Å². The Morgan fingerprint density at radius 3 is 2.93 bits per heavy atom. The van der Waals surface area contributed by atoms with Crippen molar-refractivity contribution in [1.82, 2.24) is 0 Å². The number of methoxy groups -OCH3 is 1. The Labute approximate surface area is 89.2 Å². The van der Waals surface area contributed by atoms with Gasteiger partial charge in [0, 0.05) is 18.5 Å². The lowest BCUT2D eigenvalue weighted by molar-refractivity contribution is 0.112. The second-order valence-corrected chi connectivity index (χ2v) is 2.92. The van der Waals surface area contributed by atoms with Crippen LogP contribution in [0.15, 0.2) is 18.2 Å². The molecule has 0 saturated carbocycles. The van der Waals surface area contributed by atoms with Crippen LogP contribution in [0.3, 0.4) is 0 Å². The van der Waals surface area contributed by atoms with E-state index in [-0.39, 0.29) is 0 Å². The van der Waals surface area contributed by atoms with Crippen LogP contribution in [0.25, 0.3) is 0 Å². The van der Waals surface area contributed by atoms with E-state index in [1.165, 1.54) is 7.11 Å². The molecule has 0 aromatic heterocycles. The summed E-state index contributed by atoms with van der Waals surface area (Å²) in [6.07, 6.45) is 1.41. The van der Waals surface area contributed by atoms with Crippen LogP contribution >= 0.6 is 0 Å². The smallest absolute Gasteiger partial charge is 0.153 e. The Kier molecular flexibility index (Phi) is 4.39. The van der Waals surface area contributed by atoms with Crippen LogP contribution in [0.4, 0.5) is 0 Å². The van der Waals surface area contributed by atoms with Crippen molar-refractivity contribution in [3.8, 4) is 17.6 Å². The van der Waals surface area contributed by atoms with Crippen LogP contribution in [0.1, 0.15) is 22.3 Å². The van der Waals surface area contributed by atoms with E-state index >= 15 is 0 Å². The standard InChI is InChI=1S/C12H13NO2/c1-15-12-6-5-10(4-2-3-7-13)8-11(12)9-14/h5-6,8-9H,3,7,13H2,1H3. The Morgan fingerprint density at radius 1 is 1.53 bits per heavy atom. The minimum Gasteiger partial charge on any atom is -0.496 e. The molecule has 0 aliphatic rings. The summed E-state index contributed by atoms with van der Waals surface area (Å²) in [4.78, 5) is 10.7. The molecular formula is C12H13NO2. The molecule has 1 aromatic rings. The minimum atomic E-state index is 0.511. The van der Waals surface area contributed by atoms with Crippen LogP contribution < -0.4 is 10.5 Å². The van der Waals surface area contributed by atoms with Gasteiger partial charge < -0.3 is 10.5 Å². The molecule has 0 radical (unpaired) electrons. The van der Waals surface area contributed by atoms with Gasteiger partial charge in [0.1, 0.15) is 5.75 Å². The first-order chi connectivity index (χ1) is 7.31. The lowest BCUT2D eigenvalue weighted by Crippen LogP contribution is -1.95. The number of carbonyl (C=O) groups excluding carboxylic acids is 1. The quantitative estimate of drug-likeness (QED) is 0.593. The summed E-state index contributed by atoms with van der Waals surface area (Å²) in [5, 5.41) is 0. The third-order valence-corrected chi connectivity index (χ3v) is 1.86. The number of hydrogen-bond donors (Lipinski definition) is 1. The lowest BCUT2D eigenvalue weighted by atomic mass is 10.1. The summed E-state index contributed by atoms with van der Waals surface area (Å²) in [6, 6.07) is 5.25. The van der Waals surface area contributed by atoms with E-state index < -0.39 is 0 Å². The molecule has 0 amide bonds. The Bertz CT molecular complexity index is 402. The molecule has 0 heterocycles. The van der Waals surface area contributed by atoms with Crippen molar-refractivity contribution in [2.75, 3.05) is 13.7 Å². The van der Waals surface area contributed by atoms with E-state index in [4.69, 9.17) is 10.5 Å². The van der Waals surface area contributed by atoms with Crippen LogP contribution in [0.5, 0.6) is 5.75 Å². The molecule has 0 spiro atoms. The molecule has 0 atom stereocenters. The molecule has 15 heavy (non-hydrogen) atoms. The monoisotopic (exact) mass is 203 g/mol.